The molecule has 0 bridgehead atoms. The minimum absolute atomic E-state index is 0.0451. The summed E-state index contributed by atoms with van der Waals surface area (Å²) in [6.45, 7) is 1.67. The number of ether oxygens (including phenoxy) is 1. The number of hydrogen-bond acceptors (Lipinski definition) is 3. The predicted octanol–water partition coefficient (Wildman–Crippen LogP) is 2.76. The number of amides is 1. The van der Waals surface area contributed by atoms with Crippen molar-refractivity contribution in [3.63, 3.8) is 0 Å². The van der Waals surface area contributed by atoms with Crippen LogP contribution in [0, 0.1) is 0 Å². The Labute approximate surface area is 128 Å². The summed E-state index contributed by atoms with van der Waals surface area (Å²) in [5.74, 6) is -4.46. The average Bonchev–Trinajstić information content (AvgIpc) is 2.50. The van der Waals surface area contributed by atoms with E-state index in [1.54, 1.807) is 31.2 Å². The van der Waals surface area contributed by atoms with Crippen LogP contribution < -0.4 is 4.74 Å². The van der Waals surface area contributed by atoms with Crippen LogP contribution in [0.4, 0.5) is 8.78 Å². The highest BCUT2D eigenvalue weighted by atomic mass is 19.3. The quantitative estimate of drug-likeness (QED) is 0.909. The van der Waals surface area contributed by atoms with E-state index in [2.05, 4.69) is 0 Å². The van der Waals surface area contributed by atoms with Crippen molar-refractivity contribution in [2.45, 2.75) is 43.8 Å². The first kappa shape index (κ1) is 16.7. The van der Waals surface area contributed by atoms with E-state index in [0.29, 0.717) is 17.7 Å². The highest BCUT2D eigenvalue weighted by molar-refractivity contribution is 5.85. The van der Waals surface area contributed by atoms with Crippen LogP contribution >= 0.6 is 0 Å². The fourth-order valence-corrected chi connectivity index (χ4v) is 2.53. The highest BCUT2D eigenvalue weighted by Gasteiger charge is 2.62. The number of halogens is 2. The van der Waals surface area contributed by atoms with Crippen LogP contribution in [0.3, 0.4) is 0 Å². The van der Waals surface area contributed by atoms with Crippen LogP contribution in [0.2, 0.25) is 0 Å². The average molecular weight is 313 g/mol. The molecule has 1 unspecified atom stereocenters. The maximum absolute atomic E-state index is 14.2. The SMILES string of the molecule is COc1ccc(C(C)N(C)C(=O)C(F)(F)C2(O)CCC2)cc1. The van der Waals surface area contributed by atoms with Crippen molar-refractivity contribution in [1.29, 1.82) is 0 Å². The van der Waals surface area contributed by atoms with Gasteiger partial charge in [0, 0.05) is 7.05 Å². The molecule has 1 N–H and O–H groups in total. The fourth-order valence-electron chi connectivity index (χ4n) is 2.53. The van der Waals surface area contributed by atoms with E-state index >= 15 is 0 Å². The number of carbonyl (C=O) groups is 1. The summed E-state index contributed by atoms with van der Waals surface area (Å²) in [6.07, 6.45) is 0.421. The van der Waals surface area contributed by atoms with Gasteiger partial charge >= 0.3 is 5.92 Å². The summed E-state index contributed by atoms with van der Waals surface area (Å²) >= 11 is 0. The van der Waals surface area contributed by atoms with Gasteiger partial charge in [-0.3, -0.25) is 4.79 Å². The Kier molecular flexibility index (Phi) is 4.42. The zero-order valence-electron chi connectivity index (χ0n) is 13.0. The Morgan fingerprint density at radius 2 is 1.91 bits per heavy atom. The Hall–Kier alpha value is -1.69. The molecule has 6 heteroatoms. The second kappa shape index (κ2) is 5.83. The van der Waals surface area contributed by atoms with E-state index in [1.807, 2.05) is 0 Å². The first-order valence-corrected chi connectivity index (χ1v) is 7.24. The van der Waals surface area contributed by atoms with Gasteiger partial charge in [-0.1, -0.05) is 12.1 Å². The van der Waals surface area contributed by atoms with Crippen LogP contribution in [0.25, 0.3) is 0 Å². The molecule has 1 atom stereocenters. The molecule has 1 aromatic rings. The zero-order chi connectivity index (χ0) is 16.5. The van der Waals surface area contributed by atoms with Crippen molar-refractivity contribution in [1.82, 2.24) is 4.90 Å². The summed E-state index contributed by atoms with van der Waals surface area (Å²) in [6, 6.07) is 6.34. The molecular formula is C16H21F2NO3. The molecule has 1 fully saturated rings. The summed E-state index contributed by atoms with van der Waals surface area (Å²) in [5.41, 5.74) is -1.48. The Morgan fingerprint density at radius 3 is 2.32 bits per heavy atom. The van der Waals surface area contributed by atoms with Gasteiger partial charge in [0.1, 0.15) is 11.4 Å². The lowest BCUT2D eigenvalue weighted by atomic mass is 9.75. The third-order valence-electron chi connectivity index (χ3n) is 4.53. The van der Waals surface area contributed by atoms with Crippen molar-refractivity contribution < 1.29 is 23.4 Å². The molecule has 1 aromatic carbocycles. The zero-order valence-corrected chi connectivity index (χ0v) is 13.0. The third kappa shape index (κ3) is 2.67. The minimum Gasteiger partial charge on any atom is -0.497 e. The number of aliphatic hydroxyl groups is 1. The lowest BCUT2D eigenvalue weighted by Crippen LogP contribution is -2.61. The molecule has 0 spiro atoms. The molecule has 0 aliphatic heterocycles. The minimum atomic E-state index is -3.76. The first-order valence-electron chi connectivity index (χ1n) is 7.24. The van der Waals surface area contributed by atoms with Crippen LogP contribution in [-0.2, 0) is 4.79 Å². The molecule has 22 heavy (non-hydrogen) atoms. The van der Waals surface area contributed by atoms with Crippen molar-refractivity contribution in [3.05, 3.63) is 29.8 Å². The number of methoxy groups -OCH3 is 1. The largest absolute Gasteiger partial charge is 0.497 e. The Morgan fingerprint density at radius 1 is 1.36 bits per heavy atom. The summed E-state index contributed by atoms with van der Waals surface area (Å²) < 4.78 is 33.5. The lowest BCUT2D eigenvalue weighted by Gasteiger charge is -2.43. The van der Waals surface area contributed by atoms with Gasteiger partial charge in [0.15, 0.2) is 0 Å². The molecule has 0 saturated heterocycles. The third-order valence-corrected chi connectivity index (χ3v) is 4.53. The topological polar surface area (TPSA) is 49.8 Å². The molecule has 2 rings (SSSR count). The molecular weight excluding hydrogens is 292 g/mol. The summed E-state index contributed by atoms with van der Waals surface area (Å²) in [5, 5.41) is 9.86. The van der Waals surface area contributed by atoms with Crippen molar-refractivity contribution >= 4 is 5.91 Å². The number of nitrogens with zero attached hydrogens (tertiary/aromatic N) is 1. The van der Waals surface area contributed by atoms with Crippen molar-refractivity contribution in [2.24, 2.45) is 0 Å². The van der Waals surface area contributed by atoms with Crippen LogP contribution in [0.15, 0.2) is 24.3 Å². The van der Waals surface area contributed by atoms with Gasteiger partial charge in [0.2, 0.25) is 0 Å². The smallest absolute Gasteiger partial charge is 0.352 e. The molecule has 1 aliphatic carbocycles. The van der Waals surface area contributed by atoms with E-state index in [-0.39, 0.29) is 12.8 Å². The summed E-state index contributed by atoms with van der Waals surface area (Å²) in [4.78, 5) is 13.1. The van der Waals surface area contributed by atoms with Crippen molar-refractivity contribution in [3.8, 4) is 5.75 Å². The molecule has 0 aromatic heterocycles. The van der Waals surface area contributed by atoms with Crippen LogP contribution in [0.1, 0.15) is 37.8 Å². The van der Waals surface area contributed by atoms with E-state index in [1.165, 1.54) is 14.2 Å². The second-order valence-corrected chi connectivity index (χ2v) is 5.82. The van der Waals surface area contributed by atoms with Crippen LogP contribution in [0.5, 0.6) is 5.75 Å². The van der Waals surface area contributed by atoms with Gasteiger partial charge in [0.25, 0.3) is 5.91 Å². The molecule has 0 radical (unpaired) electrons. The van der Waals surface area contributed by atoms with Crippen LogP contribution in [-0.4, -0.2) is 41.6 Å². The molecule has 1 aliphatic rings. The molecule has 0 heterocycles. The summed E-state index contributed by atoms with van der Waals surface area (Å²) in [7, 11) is 2.86. The van der Waals surface area contributed by atoms with Gasteiger partial charge in [-0.2, -0.15) is 8.78 Å². The van der Waals surface area contributed by atoms with Gasteiger partial charge in [-0.05, 0) is 43.9 Å². The Balaban J connectivity index is 2.15. The van der Waals surface area contributed by atoms with E-state index < -0.39 is 23.5 Å². The van der Waals surface area contributed by atoms with Gasteiger partial charge in [-0.15, -0.1) is 0 Å². The number of benzene rings is 1. The van der Waals surface area contributed by atoms with E-state index in [9.17, 15) is 18.7 Å². The molecule has 122 valence electrons. The number of alkyl halides is 2. The first-order chi connectivity index (χ1) is 10.2. The van der Waals surface area contributed by atoms with Gasteiger partial charge < -0.3 is 14.7 Å². The number of rotatable bonds is 5. The normalized spacial score (nSPS) is 18.3. The van der Waals surface area contributed by atoms with Crippen molar-refractivity contribution in [2.75, 3.05) is 14.2 Å². The Bertz CT molecular complexity index is 541. The molecule has 1 saturated carbocycles. The molecule has 1 amide bonds. The van der Waals surface area contributed by atoms with E-state index in [0.717, 1.165) is 4.90 Å². The lowest BCUT2D eigenvalue weighted by molar-refractivity contribution is -0.223. The number of carbonyl (C=O) groups excluding carboxylic acids is 1. The maximum atomic E-state index is 14.2. The molecule has 4 nitrogen and oxygen atoms in total. The predicted molar refractivity (Wildman–Crippen MR) is 77.9 cm³/mol. The van der Waals surface area contributed by atoms with E-state index in [4.69, 9.17) is 4.74 Å². The fraction of sp³-hybridized carbons (Fsp3) is 0.562. The number of hydrogen-bond donors (Lipinski definition) is 1. The second-order valence-electron chi connectivity index (χ2n) is 5.82. The van der Waals surface area contributed by atoms with Gasteiger partial charge in [-0.25, -0.2) is 0 Å². The monoisotopic (exact) mass is 313 g/mol. The maximum Gasteiger partial charge on any atom is 0.352 e. The highest BCUT2D eigenvalue weighted by Crippen LogP contribution is 2.45. The standard InChI is InChI=1S/C16H21F2NO3/c1-11(12-5-7-13(22-3)8-6-12)19(2)14(20)16(17,18)15(21)9-4-10-15/h5-8,11,21H,4,9-10H2,1-3H3. The van der Waals surface area contributed by atoms with Gasteiger partial charge in [0.05, 0.1) is 13.2 Å².